The molecule has 0 unspecified atom stereocenters. The summed E-state index contributed by atoms with van der Waals surface area (Å²) in [6.45, 7) is 7.39. The molecule has 0 bridgehead atoms. The van der Waals surface area contributed by atoms with Crippen LogP contribution in [0.1, 0.15) is 27.9 Å². The minimum absolute atomic E-state index is 0.126. The van der Waals surface area contributed by atoms with Crippen molar-refractivity contribution in [2.45, 2.75) is 20.3 Å². The van der Waals surface area contributed by atoms with Crippen LogP contribution in [0.15, 0.2) is 40.9 Å². The number of piperazine rings is 1. The number of ether oxygens (including phenoxy) is 1. The van der Waals surface area contributed by atoms with Crippen molar-refractivity contribution in [2.75, 3.05) is 37.7 Å². The Balaban J connectivity index is 1.47. The number of anilines is 1. The molecule has 1 fully saturated rings. The van der Waals surface area contributed by atoms with Gasteiger partial charge in [0.1, 0.15) is 12.0 Å². The number of carbonyl (C=O) groups is 2. The van der Waals surface area contributed by atoms with E-state index < -0.39 is 0 Å². The molecule has 1 saturated heterocycles. The van der Waals surface area contributed by atoms with Crippen LogP contribution in [0.5, 0.6) is 5.75 Å². The van der Waals surface area contributed by atoms with E-state index in [1.54, 1.807) is 0 Å². The molecule has 3 rings (SSSR count). The molecule has 1 aliphatic rings. The van der Waals surface area contributed by atoms with E-state index in [4.69, 9.17) is 4.74 Å². The standard InChI is InChI=1S/C22H25BrN2O3/c1-16-14-19(4-5-20(16)23)28-12-7-22(27)25-10-8-24(9-11-25)21-6-3-18(15-26)13-17(21)2/h3-6,13-15H,7-12H2,1-2H3. The van der Waals surface area contributed by atoms with E-state index in [0.29, 0.717) is 31.7 Å². The molecule has 2 aromatic rings. The van der Waals surface area contributed by atoms with Crippen LogP contribution in [0.2, 0.25) is 0 Å². The number of hydrogen-bond donors (Lipinski definition) is 0. The predicted molar refractivity (Wildman–Crippen MR) is 114 cm³/mol. The lowest BCUT2D eigenvalue weighted by Crippen LogP contribution is -2.49. The van der Waals surface area contributed by atoms with Crippen molar-refractivity contribution in [2.24, 2.45) is 0 Å². The van der Waals surface area contributed by atoms with Crippen LogP contribution in [0.4, 0.5) is 5.69 Å². The van der Waals surface area contributed by atoms with Crippen molar-refractivity contribution in [1.29, 1.82) is 0 Å². The Hall–Kier alpha value is -2.34. The van der Waals surface area contributed by atoms with Crippen molar-refractivity contribution in [3.63, 3.8) is 0 Å². The van der Waals surface area contributed by atoms with Crippen LogP contribution < -0.4 is 9.64 Å². The average Bonchev–Trinajstić information content (AvgIpc) is 2.70. The smallest absolute Gasteiger partial charge is 0.226 e. The first kappa shape index (κ1) is 20.4. The lowest BCUT2D eigenvalue weighted by Gasteiger charge is -2.37. The Morgan fingerprint density at radius 2 is 1.82 bits per heavy atom. The van der Waals surface area contributed by atoms with Crippen LogP contribution in [0, 0.1) is 13.8 Å². The number of halogens is 1. The van der Waals surface area contributed by atoms with E-state index in [1.807, 2.05) is 55.1 Å². The van der Waals surface area contributed by atoms with Gasteiger partial charge in [0.25, 0.3) is 0 Å². The first-order valence-electron chi connectivity index (χ1n) is 9.45. The second-order valence-electron chi connectivity index (χ2n) is 7.04. The molecule has 1 aliphatic heterocycles. The maximum absolute atomic E-state index is 12.5. The number of nitrogens with zero attached hydrogens (tertiary/aromatic N) is 2. The summed E-state index contributed by atoms with van der Waals surface area (Å²) in [5, 5.41) is 0. The maximum atomic E-state index is 12.5. The summed E-state index contributed by atoms with van der Waals surface area (Å²) < 4.78 is 6.77. The topological polar surface area (TPSA) is 49.9 Å². The zero-order valence-electron chi connectivity index (χ0n) is 16.3. The van der Waals surface area contributed by atoms with Gasteiger partial charge in [0.15, 0.2) is 0 Å². The zero-order chi connectivity index (χ0) is 20.1. The fraction of sp³-hybridized carbons (Fsp3) is 0.364. The SMILES string of the molecule is Cc1cc(OCCC(=O)N2CCN(c3ccc(C=O)cc3C)CC2)ccc1Br. The third-order valence-electron chi connectivity index (χ3n) is 5.04. The molecular weight excluding hydrogens is 420 g/mol. The Labute approximate surface area is 174 Å². The Morgan fingerprint density at radius 3 is 2.46 bits per heavy atom. The largest absolute Gasteiger partial charge is 0.493 e. The van der Waals surface area contributed by atoms with Gasteiger partial charge in [-0.05, 0) is 61.4 Å². The van der Waals surface area contributed by atoms with Gasteiger partial charge in [0.2, 0.25) is 5.91 Å². The summed E-state index contributed by atoms with van der Waals surface area (Å²) in [6.07, 6.45) is 1.24. The highest BCUT2D eigenvalue weighted by Gasteiger charge is 2.22. The summed E-state index contributed by atoms with van der Waals surface area (Å²) in [6, 6.07) is 11.6. The van der Waals surface area contributed by atoms with Gasteiger partial charge in [-0.2, -0.15) is 0 Å². The molecule has 0 aliphatic carbocycles. The quantitative estimate of drug-likeness (QED) is 0.631. The van der Waals surface area contributed by atoms with Crippen molar-refractivity contribution < 1.29 is 14.3 Å². The number of aryl methyl sites for hydroxylation is 2. The fourth-order valence-electron chi connectivity index (χ4n) is 3.42. The fourth-order valence-corrected chi connectivity index (χ4v) is 3.67. The Morgan fingerprint density at radius 1 is 1.07 bits per heavy atom. The van der Waals surface area contributed by atoms with E-state index in [9.17, 15) is 9.59 Å². The minimum Gasteiger partial charge on any atom is -0.493 e. The van der Waals surface area contributed by atoms with Crippen LogP contribution in [-0.2, 0) is 4.79 Å². The maximum Gasteiger partial charge on any atom is 0.226 e. The van der Waals surface area contributed by atoms with Gasteiger partial charge >= 0.3 is 0 Å². The number of hydrogen-bond acceptors (Lipinski definition) is 4. The molecule has 2 aromatic carbocycles. The summed E-state index contributed by atoms with van der Waals surface area (Å²) in [4.78, 5) is 27.6. The van der Waals surface area contributed by atoms with Crippen molar-refractivity contribution >= 4 is 33.8 Å². The zero-order valence-corrected chi connectivity index (χ0v) is 17.9. The van der Waals surface area contributed by atoms with Crippen LogP contribution >= 0.6 is 15.9 Å². The first-order chi connectivity index (χ1) is 13.5. The molecule has 0 atom stereocenters. The van der Waals surface area contributed by atoms with Crippen molar-refractivity contribution in [3.8, 4) is 5.75 Å². The van der Waals surface area contributed by atoms with Gasteiger partial charge in [0, 0.05) is 41.9 Å². The van der Waals surface area contributed by atoms with E-state index in [2.05, 4.69) is 20.8 Å². The number of rotatable bonds is 6. The number of aldehydes is 1. The minimum atomic E-state index is 0.126. The Bertz CT molecular complexity index is 861. The molecular formula is C22H25BrN2O3. The average molecular weight is 445 g/mol. The normalized spacial score (nSPS) is 14.1. The van der Waals surface area contributed by atoms with Gasteiger partial charge in [-0.15, -0.1) is 0 Å². The number of carbonyl (C=O) groups excluding carboxylic acids is 2. The van der Waals surface area contributed by atoms with Crippen LogP contribution in [-0.4, -0.2) is 49.9 Å². The predicted octanol–water partition coefficient (Wildman–Crippen LogP) is 4.00. The molecule has 0 aromatic heterocycles. The van der Waals surface area contributed by atoms with E-state index >= 15 is 0 Å². The second kappa shape index (κ2) is 9.24. The summed E-state index contributed by atoms with van der Waals surface area (Å²) in [7, 11) is 0. The third-order valence-corrected chi connectivity index (χ3v) is 5.93. The monoisotopic (exact) mass is 444 g/mol. The molecule has 1 amide bonds. The van der Waals surface area contributed by atoms with Gasteiger partial charge in [0.05, 0.1) is 13.0 Å². The van der Waals surface area contributed by atoms with E-state index in [0.717, 1.165) is 46.4 Å². The number of amides is 1. The highest BCUT2D eigenvalue weighted by atomic mass is 79.9. The molecule has 5 nitrogen and oxygen atoms in total. The molecule has 0 spiro atoms. The molecule has 148 valence electrons. The molecule has 6 heteroatoms. The van der Waals surface area contributed by atoms with Crippen LogP contribution in [0.3, 0.4) is 0 Å². The molecule has 1 heterocycles. The lowest BCUT2D eigenvalue weighted by atomic mass is 10.1. The lowest BCUT2D eigenvalue weighted by molar-refractivity contribution is -0.132. The first-order valence-corrected chi connectivity index (χ1v) is 10.2. The highest BCUT2D eigenvalue weighted by Crippen LogP contribution is 2.23. The van der Waals surface area contributed by atoms with E-state index in [1.165, 1.54) is 0 Å². The van der Waals surface area contributed by atoms with Crippen molar-refractivity contribution in [1.82, 2.24) is 4.90 Å². The van der Waals surface area contributed by atoms with Gasteiger partial charge in [-0.1, -0.05) is 15.9 Å². The van der Waals surface area contributed by atoms with Crippen molar-refractivity contribution in [3.05, 3.63) is 57.6 Å². The molecule has 0 N–H and O–H groups in total. The van der Waals surface area contributed by atoms with Gasteiger partial charge < -0.3 is 14.5 Å². The third kappa shape index (κ3) is 4.93. The summed E-state index contributed by atoms with van der Waals surface area (Å²) in [5.74, 6) is 0.911. The number of benzene rings is 2. The Kier molecular flexibility index (Phi) is 6.73. The summed E-state index contributed by atoms with van der Waals surface area (Å²) in [5.41, 5.74) is 4.02. The molecule has 28 heavy (non-hydrogen) atoms. The molecule has 0 radical (unpaired) electrons. The summed E-state index contributed by atoms with van der Waals surface area (Å²) >= 11 is 3.47. The van der Waals surface area contributed by atoms with Crippen LogP contribution in [0.25, 0.3) is 0 Å². The molecule has 0 saturated carbocycles. The van der Waals surface area contributed by atoms with Gasteiger partial charge in [-0.3, -0.25) is 9.59 Å². The van der Waals surface area contributed by atoms with Gasteiger partial charge in [-0.25, -0.2) is 0 Å². The van der Waals surface area contributed by atoms with E-state index in [-0.39, 0.29) is 5.91 Å². The highest BCUT2D eigenvalue weighted by molar-refractivity contribution is 9.10. The second-order valence-corrected chi connectivity index (χ2v) is 7.90.